The molecule has 72 valence electrons. The predicted molar refractivity (Wildman–Crippen MR) is 51.4 cm³/mol. The molecule has 0 aliphatic carbocycles. The van der Waals surface area contributed by atoms with Crippen LogP contribution in [0.25, 0.3) is 5.52 Å². The van der Waals surface area contributed by atoms with Gasteiger partial charge in [-0.15, -0.1) is 0 Å². The molecule has 0 bridgehead atoms. The van der Waals surface area contributed by atoms with Gasteiger partial charge in [-0.05, 0) is 0 Å². The largest absolute Gasteiger partial charge is 0.376 e. The van der Waals surface area contributed by atoms with Crippen molar-refractivity contribution in [1.82, 2.24) is 14.6 Å². The Bertz CT molecular complexity index is 494. The monoisotopic (exact) mass is 209 g/mol. The molecule has 0 radical (unpaired) electrons. The van der Waals surface area contributed by atoms with Crippen molar-refractivity contribution < 1.29 is 4.74 Å². The van der Waals surface area contributed by atoms with Crippen LogP contribution in [0.4, 0.5) is 0 Å². The van der Waals surface area contributed by atoms with Crippen LogP contribution in [0.3, 0.4) is 0 Å². The number of aromatic nitrogens is 3. The minimum atomic E-state index is 0.492. The molecule has 0 aromatic carbocycles. The smallest absolute Gasteiger partial charge is 0.155 e. The van der Waals surface area contributed by atoms with E-state index < -0.39 is 0 Å². The van der Waals surface area contributed by atoms with Crippen molar-refractivity contribution in [2.75, 3.05) is 6.61 Å². The third-order valence-electron chi connectivity index (χ3n) is 2.41. The normalized spacial score (nSPS) is 15.8. The van der Waals surface area contributed by atoms with Gasteiger partial charge in [0.2, 0.25) is 0 Å². The van der Waals surface area contributed by atoms with E-state index >= 15 is 0 Å². The standard InChI is InChI=1S/C9H8ClN3O/c10-9-8-6-5-14-4-1-7(6)12-13(8)3-2-11-9/h2-3H,1,4-5H2. The van der Waals surface area contributed by atoms with Crippen molar-refractivity contribution in [2.24, 2.45) is 0 Å². The third-order valence-corrected chi connectivity index (χ3v) is 2.69. The number of nitrogens with zero attached hydrogens (tertiary/aromatic N) is 3. The number of hydrogen-bond donors (Lipinski definition) is 0. The molecule has 3 rings (SSSR count). The Morgan fingerprint density at radius 3 is 3.36 bits per heavy atom. The average molecular weight is 210 g/mol. The average Bonchev–Trinajstić information content (AvgIpc) is 2.57. The summed E-state index contributed by atoms with van der Waals surface area (Å²) in [4.78, 5) is 4.04. The van der Waals surface area contributed by atoms with E-state index in [1.807, 2.05) is 0 Å². The number of halogens is 1. The lowest BCUT2D eigenvalue weighted by Crippen LogP contribution is -2.08. The van der Waals surface area contributed by atoms with Gasteiger partial charge in [0.05, 0.1) is 18.9 Å². The fourth-order valence-corrected chi connectivity index (χ4v) is 2.02. The summed E-state index contributed by atoms with van der Waals surface area (Å²) >= 11 is 6.01. The van der Waals surface area contributed by atoms with Crippen LogP contribution in [0, 0.1) is 0 Å². The van der Waals surface area contributed by atoms with Gasteiger partial charge < -0.3 is 4.74 Å². The second-order valence-corrected chi connectivity index (χ2v) is 3.60. The first-order valence-electron chi connectivity index (χ1n) is 4.44. The van der Waals surface area contributed by atoms with E-state index in [2.05, 4.69) is 10.1 Å². The van der Waals surface area contributed by atoms with E-state index in [9.17, 15) is 0 Å². The molecular weight excluding hydrogens is 202 g/mol. The quantitative estimate of drug-likeness (QED) is 0.660. The molecule has 0 N–H and O–H groups in total. The van der Waals surface area contributed by atoms with Crippen molar-refractivity contribution in [2.45, 2.75) is 13.0 Å². The molecule has 0 amide bonds. The number of fused-ring (bicyclic) bond motifs is 3. The van der Waals surface area contributed by atoms with Crippen molar-refractivity contribution in [3.63, 3.8) is 0 Å². The van der Waals surface area contributed by atoms with Gasteiger partial charge in [0.1, 0.15) is 5.52 Å². The van der Waals surface area contributed by atoms with Gasteiger partial charge in [-0.2, -0.15) is 5.10 Å². The highest BCUT2D eigenvalue weighted by molar-refractivity contribution is 6.32. The first-order chi connectivity index (χ1) is 6.86. The van der Waals surface area contributed by atoms with Gasteiger partial charge in [-0.25, -0.2) is 9.50 Å². The first kappa shape index (κ1) is 8.20. The summed E-state index contributed by atoms with van der Waals surface area (Å²) in [6.07, 6.45) is 4.31. The molecule has 0 saturated heterocycles. The molecule has 14 heavy (non-hydrogen) atoms. The highest BCUT2D eigenvalue weighted by Crippen LogP contribution is 2.25. The van der Waals surface area contributed by atoms with E-state index in [0.29, 0.717) is 11.8 Å². The highest BCUT2D eigenvalue weighted by atomic mass is 35.5. The van der Waals surface area contributed by atoms with Crippen LogP contribution in [0.5, 0.6) is 0 Å². The molecular formula is C9H8ClN3O. The van der Waals surface area contributed by atoms with Crippen LogP contribution >= 0.6 is 11.6 Å². The molecule has 0 atom stereocenters. The zero-order chi connectivity index (χ0) is 9.54. The molecule has 3 heterocycles. The Balaban J connectivity index is 2.38. The summed E-state index contributed by atoms with van der Waals surface area (Å²) in [7, 11) is 0. The van der Waals surface area contributed by atoms with E-state index in [0.717, 1.165) is 29.8 Å². The van der Waals surface area contributed by atoms with E-state index in [4.69, 9.17) is 16.3 Å². The maximum Gasteiger partial charge on any atom is 0.155 e. The second kappa shape index (κ2) is 2.93. The van der Waals surface area contributed by atoms with Crippen molar-refractivity contribution in [3.05, 3.63) is 28.8 Å². The van der Waals surface area contributed by atoms with Crippen LogP contribution < -0.4 is 0 Å². The molecule has 2 aromatic rings. The molecule has 1 aliphatic heterocycles. The lowest BCUT2D eigenvalue weighted by atomic mass is 10.1. The number of rotatable bonds is 0. The molecule has 4 nitrogen and oxygen atoms in total. The van der Waals surface area contributed by atoms with Crippen LogP contribution in [0.15, 0.2) is 12.4 Å². The molecule has 0 spiro atoms. The van der Waals surface area contributed by atoms with E-state index in [1.54, 1.807) is 16.9 Å². The summed E-state index contributed by atoms with van der Waals surface area (Å²) in [6, 6.07) is 0. The summed E-state index contributed by atoms with van der Waals surface area (Å²) < 4.78 is 7.15. The van der Waals surface area contributed by atoms with Crippen LogP contribution in [-0.2, 0) is 17.8 Å². The Hall–Kier alpha value is -1.13. The van der Waals surface area contributed by atoms with Crippen LogP contribution in [0.2, 0.25) is 5.15 Å². The van der Waals surface area contributed by atoms with E-state index in [-0.39, 0.29) is 0 Å². The van der Waals surface area contributed by atoms with Crippen molar-refractivity contribution in [3.8, 4) is 0 Å². The summed E-state index contributed by atoms with van der Waals surface area (Å²) in [5.74, 6) is 0. The van der Waals surface area contributed by atoms with Crippen molar-refractivity contribution >= 4 is 17.1 Å². The summed E-state index contributed by atoms with van der Waals surface area (Å²) in [6.45, 7) is 1.33. The van der Waals surface area contributed by atoms with Gasteiger partial charge in [-0.3, -0.25) is 0 Å². The zero-order valence-corrected chi connectivity index (χ0v) is 8.16. The van der Waals surface area contributed by atoms with E-state index in [1.165, 1.54) is 0 Å². The molecule has 1 aliphatic rings. The Labute approximate surface area is 85.5 Å². The maximum absolute atomic E-state index is 6.01. The highest BCUT2D eigenvalue weighted by Gasteiger charge is 2.18. The summed E-state index contributed by atoms with van der Waals surface area (Å²) in [5, 5.41) is 4.92. The van der Waals surface area contributed by atoms with Gasteiger partial charge in [-0.1, -0.05) is 11.6 Å². The molecule has 2 aromatic heterocycles. The topological polar surface area (TPSA) is 39.4 Å². The minimum absolute atomic E-state index is 0.492. The third kappa shape index (κ3) is 1.04. The number of hydrogen-bond acceptors (Lipinski definition) is 3. The van der Waals surface area contributed by atoms with Gasteiger partial charge in [0, 0.05) is 24.4 Å². The van der Waals surface area contributed by atoms with Gasteiger partial charge in [0.15, 0.2) is 5.15 Å². The Morgan fingerprint density at radius 2 is 2.43 bits per heavy atom. The minimum Gasteiger partial charge on any atom is -0.376 e. The lowest BCUT2D eigenvalue weighted by Gasteiger charge is -2.10. The SMILES string of the molecule is Clc1nccn2nc3c(c12)COCC3. The molecule has 0 unspecified atom stereocenters. The van der Waals surface area contributed by atoms with Crippen LogP contribution in [0.1, 0.15) is 11.3 Å². The Morgan fingerprint density at radius 1 is 1.50 bits per heavy atom. The Kier molecular flexibility index (Phi) is 1.72. The molecule has 0 saturated carbocycles. The molecule has 0 fully saturated rings. The molecule has 5 heteroatoms. The van der Waals surface area contributed by atoms with Crippen LogP contribution in [-0.4, -0.2) is 21.2 Å². The van der Waals surface area contributed by atoms with Crippen molar-refractivity contribution in [1.29, 1.82) is 0 Å². The lowest BCUT2D eigenvalue weighted by molar-refractivity contribution is 0.111. The fourth-order valence-electron chi connectivity index (χ4n) is 1.76. The zero-order valence-electron chi connectivity index (χ0n) is 7.40. The number of ether oxygens (including phenoxy) is 1. The predicted octanol–water partition coefficient (Wildman–Crippen LogP) is 1.46. The fraction of sp³-hybridized carbons (Fsp3) is 0.333. The second-order valence-electron chi connectivity index (χ2n) is 3.24. The maximum atomic E-state index is 6.01. The van der Waals surface area contributed by atoms with Gasteiger partial charge >= 0.3 is 0 Å². The van der Waals surface area contributed by atoms with Gasteiger partial charge in [0.25, 0.3) is 0 Å². The first-order valence-corrected chi connectivity index (χ1v) is 4.82. The summed E-state index contributed by atoms with van der Waals surface area (Å²) in [5.41, 5.74) is 3.03.